The van der Waals surface area contributed by atoms with Gasteiger partial charge in [-0.15, -0.1) is 0 Å². The second kappa shape index (κ2) is 13.9. The molecule has 5 unspecified atom stereocenters. The van der Waals surface area contributed by atoms with Gasteiger partial charge in [0.2, 0.25) is 17.7 Å². The van der Waals surface area contributed by atoms with Crippen LogP contribution in [-0.2, 0) is 30.4 Å². The molecule has 5 atom stereocenters. The minimum atomic E-state index is -1.22. The molecule has 0 fully saturated rings. The van der Waals surface area contributed by atoms with Crippen LogP contribution in [0.5, 0.6) is 0 Å². The zero-order chi connectivity index (χ0) is 25.8. The lowest BCUT2D eigenvalue weighted by Crippen LogP contribution is -2.58. The van der Waals surface area contributed by atoms with Gasteiger partial charge in [-0.05, 0) is 24.8 Å². The van der Waals surface area contributed by atoms with E-state index in [0.717, 1.165) is 5.56 Å². The van der Waals surface area contributed by atoms with Gasteiger partial charge in [-0.1, -0.05) is 50.6 Å². The van der Waals surface area contributed by atoms with Gasteiger partial charge in [-0.25, -0.2) is 0 Å². The molecule has 0 bridgehead atoms. The van der Waals surface area contributed by atoms with E-state index in [0.29, 0.717) is 6.42 Å². The van der Waals surface area contributed by atoms with E-state index in [9.17, 15) is 24.0 Å². The van der Waals surface area contributed by atoms with Gasteiger partial charge in [-0.3, -0.25) is 24.0 Å². The Labute approximate surface area is 198 Å². The molecule has 0 aromatic heterocycles. The SMILES string of the molecule is CCC(C)C(NC(=O)C(N)CCC(=O)O)C(=O)NC(Cc1ccccc1)C(=O)NC(C)C(=O)O. The van der Waals surface area contributed by atoms with Crippen LogP contribution >= 0.6 is 0 Å². The van der Waals surface area contributed by atoms with E-state index in [1.54, 1.807) is 37.3 Å². The highest BCUT2D eigenvalue weighted by atomic mass is 16.4. The molecule has 34 heavy (non-hydrogen) atoms. The van der Waals surface area contributed by atoms with Gasteiger partial charge in [0.15, 0.2) is 0 Å². The third kappa shape index (κ3) is 9.57. The van der Waals surface area contributed by atoms with Gasteiger partial charge >= 0.3 is 11.9 Å². The molecule has 0 aliphatic heterocycles. The van der Waals surface area contributed by atoms with E-state index in [-0.39, 0.29) is 25.2 Å². The molecular weight excluding hydrogens is 444 g/mol. The predicted octanol–water partition coefficient (Wildman–Crippen LogP) is 0.0262. The van der Waals surface area contributed by atoms with E-state index in [4.69, 9.17) is 15.9 Å². The average Bonchev–Trinajstić information content (AvgIpc) is 2.80. The molecule has 1 aromatic rings. The Kier molecular flexibility index (Phi) is 11.7. The van der Waals surface area contributed by atoms with Crippen LogP contribution in [0.25, 0.3) is 0 Å². The van der Waals surface area contributed by atoms with E-state index >= 15 is 0 Å². The van der Waals surface area contributed by atoms with Gasteiger partial charge < -0.3 is 31.9 Å². The monoisotopic (exact) mass is 478 g/mol. The summed E-state index contributed by atoms with van der Waals surface area (Å²) in [7, 11) is 0. The Bertz CT molecular complexity index is 862. The number of benzene rings is 1. The Morgan fingerprint density at radius 1 is 0.912 bits per heavy atom. The molecule has 7 N–H and O–H groups in total. The van der Waals surface area contributed by atoms with Crippen LogP contribution < -0.4 is 21.7 Å². The van der Waals surface area contributed by atoms with Crippen LogP contribution in [0.15, 0.2) is 30.3 Å². The molecule has 0 spiro atoms. The number of hydrogen-bond donors (Lipinski definition) is 6. The van der Waals surface area contributed by atoms with Crippen molar-refractivity contribution in [3.8, 4) is 0 Å². The first-order valence-corrected chi connectivity index (χ1v) is 11.1. The van der Waals surface area contributed by atoms with Crippen LogP contribution in [0.1, 0.15) is 45.6 Å². The standard InChI is InChI=1S/C23H34N4O7/c1-4-13(2)19(27-20(30)16(24)10-11-18(28)29)22(32)26-17(12-15-8-6-5-7-9-15)21(31)25-14(3)23(33)34/h5-9,13-14,16-17,19H,4,10-12,24H2,1-3H3,(H,25,31)(H,26,32)(H,27,30)(H,28,29)(H,33,34). The molecule has 1 aromatic carbocycles. The number of nitrogens with two attached hydrogens (primary N) is 1. The van der Waals surface area contributed by atoms with Crippen molar-refractivity contribution in [3.63, 3.8) is 0 Å². The average molecular weight is 479 g/mol. The van der Waals surface area contributed by atoms with Gasteiger partial charge in [-0.2, -0.15) is 0 Å². The zero-order valence-electron chi connectivity index (χ0n) is 19.6. The fraction of sp³-hybridized carbons (Fsp3) is 0.522. The van der Waals surface area contributed by atoms with E-state index in [2.05, 4.69) is 16.0 Å². The predicted molar refractivity (Wildman–Crippen MR) is 124 cm³/mol. The maximum atomic E-state index is 13.1. The Morgan fingerprint density at radius 3 is 2.06 bits per heavy atom. The number of nitrogens with one attached hydrogen (secondary N) is 3. The first kappa shape index (κ1) is 28.6. The molecule has 1 rings (SSSR count). The molecule has 188 valence electrons. The first-order valence-electron chi connectivity index (χ1n) is 11.1. The smallest absolute Gasteiger partial charge is 0.325 e. The summed E-state index contributed by atoms with van der Waals surface area (Å²) in [6.45, 7) is 4.87. The quantitative estimate of drug-likeness (QED) is 0.216. The van der Waals surface area contributed by atoms with Crippen molar-refractivity contribution in [2.24, 2.45) is 11.7 Å². The maximum absolute atomic E-state index is 13.1. The van der Waals surface area contributed by atoms with E-state index in [1.807, 2.05) is 6.92 Å². The number of carboxylic acid groups (broad SMARTS) is 2. The molecular formula is C23H34N4O7. The number of amides is 3. The van der Waals surface area contributed by atoms with Crippen molar-refractivity contribution < 1.29 is 34.2 Å². The normalized spacial score (nSPS) is 15.2. The minimum absolute atomic E-state index is 0.0951. The Hall–Kier alpha value is -3.47. The van der Waals surface area contributed by atoms with Crippen LogP contribution in [0.3, 0.4) is 0 Å². The number of rotatable bonds is 14. The zero-order valence-corrected chi connectivity index (χ0v) is 19.6. The van der Waals surface area contributed by atoms with Gasteiger partial charge in [0, 0.05) is 12.8 Å². The van der Waals surface area contributed by atoms with Gasteiger partial charge in [0.25, 0.3) is 0 Å². The summed E-state index contributed by atoms with van der Waals surface area (Å²) in [6, 6.07) is 4.46. The highest BCUT2D eigenvalue weighted by molar-refractivity contribution is 5.94. The number of aliphatic carboxylic acids is 2. The molecule has 0 saturated heterocycles. The second-order valence-corrected chi connectivity index (χ2v) is 8.23. The van der Waals surface area contributed by atoms with Crippen LogP contribution in [0, 0.1) is 5.92 Å². The number of carbonyl (C=O) groups excluding carboxylic acids is 3. The molecule has 0 saturated carbocycles. The number of hydrogen-bond acceptors (Lipinski definition) is 6. The van der Waals surface area contributed by atoms with Crippen molar-refractivity contribution in [1.29, 1.82) is 0 Å². The summed E-state index contributed by atoms with van der Waals surface area (Å²) in [5.74, 6) is -4.63. The Morgan fingerprint density at radius 2 is 1.53 bits per heavy atom. The fourth-order valence-corrected chi connectivity index (χ4v) is 3.07. The second-order valence-electron chi connectivity index (χ2n) is 8.23. The van der Waals surface area contributed by atoms with Crippen molar-refractivity contribution >= 4 is 29.7 Å². The topological polar surface area (TPSA) is 188 Å². The molecule has 11 heteroatoms. The third-order valence-corrected chi connectivity index (χ3v) is 5.44. The molecule has 0 aliphatic carbocycles. The maximum Gasteiger partial charge on any atom is 0.325 e. The summed E-state index contributed by atoms with van der Waals surface area (Å²) in [4.78, 5) is 60.3. The van der Waals surface area contributed by atoms with Crippen LogP contribution in [0.2, 0.25) is 0 Å². The minimum Gasteiger partial charge on any atom is -0.481 e. The lowest BCUT2D eigenvalue weighted by Gasteiger charge is -2.27. The van der Waals surface area contributed by atoms with Gasteiger partial charge in [0.1, 0.15) is 18.1 Å². The molecule has 0 radical (unpaired) electrons. The summed E-state index contributed by atoms with van der Waals surface area (Å²) in [5.41, 5.74) is 6.50. The highest BCUT2D eigenvalue weighted by Crippen LogP contribution is 2.11. The van der Waals surface area contributed by atoms with E-state index < -0.39 is 53.8 Å². The van der Waals surface area contributed by atoms with E-state index in [1.165, 1.54) is 6.92 Å². The number of carbonyl (C=O) groups is 5. The summed E-state index contributed by atoms with van der Waals surface area (Å²) in [5, 5.41) is 25.4. The van der Waals surface area contributed by atoms with Crippen molar-refractivity contribution in [1.82, 2.24) is 16.0 Å². The van der Waals surface area contributed by atoms with Gasteiger partial charge in [0.05, 0.1) is 6.04 Å². The lowest BCUT2D eigenvalue weighted by atomic mass is 9.96. The first-order chi connectivity index (χ1) is 16.0. The van der Waals surface area contributed by atoms with Crippen LogP contribution in [0.4, 0.5) is 0 Å². The fourth-order valence-electron chi connectivity index (χ4n) is 3.07. The third-order valence-electron chi connectivity index (χ3n) is 5.44. The van der Waals surface area contributed by atoms with Crippen LogP contribution in [-0.4, -0.2) is 64.0 Å². The summed E-state index contributed by atoms with van der Waals surface area (Å²) in [6.07, 6.45) is 0.233. The molecule has 11 nitrogen and oxygen atoms in total. The summed E-state index contributed by atoms with van der Waals surface area (Å²) < 4.78 is 0. The Balaban J connectivity index is 3.04. The molecule has 0 aliphatic rings. The van der Waals surface area contributed by atoms with Crippen molar-refractivity contribution in [2.75, 3.05) is 0 Å². The molecule has 3 amide bonds. The highest BCUT2D eigenvalue weighted by Gasteiger charge is 2.32. The lowest BCUT2D eigenvalue weighted by molar-refractivity contribution is -0.142. The van der Waals surface area contributed by atoms with Crippen molar-refractivity contribution in [2.45, 2.75) is 70.6 Å². The molecule has 0 heterocycles. The largest absolute Gasteiger partial charge is 0.481 e. The number of carboxylic acids is 2. The summed E-state index contributed by atoms with van der Waals surface area (Å²) >= 11 is 0. The van der Waals surface area contributed by atoms with Crippen molar-refractivity contribution in [3.05, 3.63) is 35.9 Å².